The fourth-order valence-corrected chi connectivity index (χ4v) is 18.6. The lowest BCUT2D eigenvalue weighted by Crippen LogP contribution is -2.33. The van der Waals surface area contributed by atoms with Gasteiger partial charge in [-0.1, -0.05) is 357 Å². The second kappa shape index (κ2) is 49.4. The largest absolute Gasteiger partial charge is 0.497 e. The highest BCUT2D eigenvalue weighted by atomic mass is 16.5. The standard InChI is InChI=1S/C37H30N2.2C27H26N2O2.C27H26N2O.4CH4O/c38-35-23-21-31(25-33(35)27-13-5-1-6-14-27)37(29-17-9-3-10-18-29,30-19-11-4-12-20-30)32-22-24-36(39)34(26-32)28-15-7-2-8-16-28;1-30-25-17-21(28)13-15-23(25)27(19-9-5-3-6-10-19,20-11-7-4-8-12-20)24-16-14-22(29)18-26(24)31-2;1-30-25-17-21(13-15-23(25)28)27(19-9-5-3-6-10-19,20-11-7-4-8-12-20)22-14-16-24(29)26(18-22)31-2;1-19-13-15-25(28)23(17-19)27(20-9-5-3-6-10-20,21-11-7-4-8-12-21)24-18-22(30-2)14-16-26(24)29;4*1-2/h1-26H,38-39H2;2*3-18H,28-29H2,1-2H3;3-18H,28-29H2,1-2H3;4*2H,1H3. The van der Waals surface area contributed by atoms with Crippen molar-refractivity contribution in [2.45, 2.75) is 28.6 Å². The minimum atomic E-state index is -0.722. The summed E-state index contributed by atoms with van der Waals surface area (Å²) in [5.74, 6) is 3.42. The minimum absolute atomic E-state index is 0.594. The number of nitrogens with two attached hydrogens (primary N) is 8. The lowest BCUT2D eigenvalue weighted by molar-refractivity contribution is 0.395. The monoisotopic (exact) mass is 1840 g/mol. The van der Waals surface area contributed by atoms with Gasteiger partial charge < -0.3 is 90.0 Å². The minimum Gasteiger partial charge on any atom is -0.497 e. The van der Waals surface area contributed by atoms with Crippen LogP contribution in [0.15, 0.2) is 449 Å². The molecule has 0 heterocycles. The molecule has 18 rings (SSSR count). The Morgan fingerprint density at radius 2 is 0.417 bits per heavy atom. The number of rotatable bonds is 23. The van der Waals surface area contributed by atoms with Crippen LogP contribution in [0.25, 0.3) is 22.3 Å². The number of nitrogen functional groups attached to an aromatic ring is 8. The number of benzene rings is 18. The number of hydrogen-bond acceptors (Lipinski definition) is 17. The van der Waals surface area contributed by atoms with Crippen LogP contribution in [-0.2, 0) is 21.7 Å². The Kier molecular flexibility index (Phi) is 36.5. The van der Waals surface area contributed by atoms with Crippen molar-refractivity contribution in [2.24, 2.45) is 0 Å². The SMILES string of the molecule is CO.CO.CO.CO.COc1cc(C(c2ccccc2)(c2ccccc2)c2ccc(N)c(OC)c2)ccc1N.COc1cc(N)ccc1C(c1ccccc1)(c1ccccc1)c1ccc(N)cc1OC.COc1ccc(N)c(C(c2ccccc2)(c2ccccc2)c2cc(C)ccc2N)c1.Nc1ccc(C(c2ccccc2)(c2ccccc2)c2ccc(N)c(-c3ccccc3)c2)cc1-c1ccccc1. The van der Waals surface area contributed by atoms with Crippen molar-refractivity contribution < 1.29 is 44.1 Å². The van der Waals surface area contributed by atoms with Crippen molar-refractivity contribution in [3.8, 4) is 51.0 Å². The Labute approximate surface area is 817 Å². The van der Waals surface area contributed by atoms with E-state index in [0.717, 1.165) is 157 Å². The second-order valence-corrected chi connectivity index (χ2v) is 32.1. The van der Waals surface area contributed by atoms with Gasteiger partial charge in [0.1, 0.15) is 28.7 Å². The molecule has 0 aliphatic heterocycles. The molecule has 0 aliphatic rings. The van der Waals surface area contributed by atoms with Gasteiger partial charge in [-0.25, -0.2) is 0 Å². The topological polar surface area (TPSA) is 335 Å². The van der Waals surface area contributed by atoms with Crippen LogP contribution in [0.2, 0.25) is 0 Å². The van der Waals surface area contributed by atoms with E-state index in [2.05, 4.69) is 280 Å². The van der Waals surface area contributed by atoms with Gasteiger partial charge in [-0.15, -0.1) is 0 Å². The zero-order chi connectivity index (χ0) is 99.5. The molecule has 0 amide bonds. The second-order valence-electron chi connectivity index (χ2n) is 32.1. The van der Waals surface area contributed by atoms with E-state index in [9.17, 15) is 0 Å². The molecule has 0 bridgehead atoms. The Morgan fingerprint density at radius 3 is 0.698 bits per heavy atom. The van der Waals surface area contributed by atoms with Crippen molar-refractivity contribution in [1.82, 2.24) is 0 Å². The predicted octanol–water partition coefficient (Wildman–Crippen LogP) is 23.1. The van der Waals surface area contributed by atoms with E-state index in [1.54, 1.807) is 35.5 Å². The van der Waals surface area contributed by atoms with Crippen LogP contribution in [0.3, 0.4) is 0 Å². The number of hydrogen-bond donors (Lipinski definition) is 12. The summed E-state index contributed by atoms with van der Waals surface area (Å²) in [6.07, 6.45) is 0. The predicted molar refractivity (Wildman–Crippen MR) is 575 cm³/mol. The van der Waals surface area contributed by atoms with Crippen LogP contribution in [-0.4, -0.2) is 84.4 Å². The molecule has 18 aromatic rings. The summed E-state index contributed by atoms with van der Waals surface area (Å²) in [5.41, 5.74) is 76.2. The lowest BCUT2D eigenvalue weighted by Gasteiger charge is -2.38. The van der Waals surface area contributed by atoms with Crippen LogP contribution < -0.4 is 69.6 Å². The van der Waals surface area contributed by atoms with Crippen molar-refractivity contribution >= 4 is 45.5 Å². The molecule has 706 valence electrons. The maximum absolute atomic E-state index is 7.00. The molecule has 0 aliphatic carbocycles. The molecular weight excluding hydrogens is 1720 g/mol. The molecule has 17 heteroatoms. The van der Waals surface area contributed by atoms with Gasteiger partial charge in [0.25, 0.3) is 0 Å². The van der Waals surface area contributed by atoms with Crippen molar-refractivity contribution in [3.63, 3.8) is 0 Å². The van der Waals surface area contributed by atoms with E-state index >= 15 is 0 Å². The zero-order valence-corrected chi connectivity index (χ0v) is 80.2. The first-order valence-corrected chi connectivity index (χ1v) is 45.2. The molecule has 20 N–H and O–H groups in total. The van der Waals surface area contributed by atoms with Gasteiger partial charge in [-0.2, -0.15) is 0 Å². The summed E-state index contributed by atoms with van der Waals surface area (Å²) < 4.78 is 28.4. The van der Waals surface area contributed by atoms with E-state index in [4.69, 9.17) is 90.0 Å². The molecule has 0 unspecified atom stereocenters. The first-order chi connectivity index (χ1) is 68.0. The Bertz CT molecular complexity index is 6500. The van der Waals surface area contributed by atoms with Crippen molar-refractivity contribution in [2.75, 3.05) is 110 Å². The van der Waals surface area contributed by atoms with Crippen LogP contribution in [0.4, 0.5) is 45.5 Å². The summed E-state index contributed by atoms with van der Waals surface area (Å²) in [6, 6.07) is 153. The number of aliphatic hydroxyl groups excluding tert-OH is 4. The Hall–Kier alpha value is -16.8. The molecular formula is C122H124N8O9. The molecule has 0 spiro atoms. The van der Waals surface area contributed by atoms with Crippen molar-refractivity contribution in [3.05, 3.63) is 543 Å². The summed E-state index contributed by atoms with van der Waals surface area (Å²) in [4.78, 5) is 0. The summed E-state index contributed by atoms with van der Waals surface area (Å²) in [5, 5.41) is 28.0. The lowest BCUT2D eigenvalue weighted by atomic mass is 9.64. The highest BCUT2D eigenvalue weighted by Gasteiger charge is 2.46. The van der Waals surface area contributed by atoms with E-state index in [-0.39, 0.29) is 0 Å². The molecule has 0 fully saturated rings. The van der Waals surface area contributed by atoms with E-state index < -0.39 is 21.7 Å². The molecule has 0 aromatic heterocycles. The quantitative estimate of drug-likeness (QED) is 0.0209. The molecule has 0 radical (unpaired) electrons. The highest BCUT2D eigenvalue weighted by Crippen LogP contribution is 2.55. The van der Waals surface area contributed by atoms with Gasteiger partial charge in [0.2, 0.25) is 0 Å². The first-order valence-electron chi connectivity index (χ1n) is 45.2. The first kappa shape index (κ1) is 103. The molecule has 17 nitrogen and oxygen atoms in total. The zero-order valence-electron chi connectivity index (χ0n) is 80.2. The highest BCUT2D eigenvalue weighted by molar-refractivity contribution is 5.83. The number of aliphatic hydroxyl groups is 4. The number of ether oxygens (including phenoxy) is 5. The maximum Gasteiger partial charge on any atom is 0.142 e. The Morgan fingerprint density at radius 1 is 0.180 bits per heavy atom. The molecule has 0 atom stereocenters. The average molecular weight is 1850 g/mol. The number of methoxy groups -OCH3 is 5. The maximum atomic E-state index is 7.00. The Balaban J connectivity index is 0.000000174. The van der Waals surface area contributed by atoms with Crippen LogP contribution in [0, 0.1) is 6.92 Å². The molecule has 139 heavy (non-hydrogen) atoms. The molecule has 0 saturated carbocycles. The molecule has 18 aromatic carbocycles. The summed E-state index contributed by atoms with van der Waals surface area (Å²) in [6.45, 7) is 2.08. The van der Waals surface area contributed by atoms with E-state index in [1.165, 1.54) is 11.1 Å². The van der Waals surface area contributed by atoms with Crippen LogP contribution >= 0.6 is 0 Å². The van der Waals surface area contributed by atoms with Crippen LogP contribution in [0.1, 0.15) is 94.6 Å². The van der Waals surface area contributed by atoms with Gasteiger partial charge in [-0.3, -0.25) is 0 Å². The smallest absolute Gasteiger partial charge is 0.142 e. The normalized spacial score (nSPS) is 10.7. The van der Waals surface area contributed by atoms with Crippen LogP contribution in [0.5, 0.6) is 28.7 Å². The fraction of sp³-hybridized carbons (Fsp3) is 0.115. The van der Waals surface area contributed by atoms with Gasteiger partial charge in [0.15, 0.2) is 0 Å². The third kappa shape index (κ3) is 21.8. The average Bonchev–Trinajstić information content (AvgIpc) is 0.746. The number of anilines is 8. The van der Waals surface area contributed by atoms with E-state index in [0.29, 0.717) is 51.4 Å². The fourth-order valence-electron chi connectivity index (χ4n) is 18.6. The summed E-state index contributed by atoms with van der Waals surface area (Å²) in [7, 11) is 12.3. The van der Waals surface area contributed by atoms with E-state index in [1.807, 2.05) is 176 Å². The number of aryl methyl sites for hydroxylation is 1. The van der Waals surface area contributed by atoms with Gasteiger partial charge in [-0.05, 0) is 181 Å². The van der Waals surface area contributed by atoms with Gasteiger partial charge in [0.05, 0.1) is 68.6 Å². The third-order valence-corrected chi connectivity index (χ3v) is 24.7. The van der Waals surface area contributed by atoms with Crippen molar-refractivity contribution in [1.29, 1.82) is 0 Å². The third-order valence-electron chi connectivity index (χ3n) is 24.7. The van der Waals surface area contributed by atoms with Gasteiger partial charge >= 0.3 is 0 Å². The van der Waals surface area contributed by atoms with Gasteiger partial charge in [0, 0.05) is 97.0 Å². The summed E-state index contributed by atoms with van der Waals surface area (Å²) >= 11 is 0. The molecule has 0 saturated heterocycles.